The summed E-state index contributed by atoms with van der Waals surface area (Å²) >= 11 is 0. The molecule has 75 heavy (non-hydrogen) atoms. The molecule has 17 heteroatoms. The molecule has 5 atom stereocenters. The minimum atomic E-state index is -0.417. The minimum Gasteiger partial charge on any atom is -0.507 e. The summed E-state index contributed by atoms with van der Waals surface area (Å²) in [6.07, 6.45) is 7.08. The van der Waals surface area contributed by atoms with Crippen LogP contribution in [0.25, 0.3) is 22.4 Å². The van der Waals surface area contributed by atoms with Gasteiger partial charge in [-0.25, -0.2) is 0 Å². The van der Waals surface area contributed by atoms with Crippen LogP contribution in [-0.2, 0) is 38.4 Å². The van der Waals surface area contributed by atoms with Crippen LogP contribution < -0.4 is 31.7 Å². The first-order valence-corrected chi connectivity index (χ1v) is 26.0. The Bertz CT molecular complexity index is 2900. The normalized spacial score (nSPS) is 16.7. The standard InChI is InChI=1S/C58H72N10O7/c1-37(60-6)55(70)64-53(58(3,4)5)36-67-34-43-30-45(23-22-42(43)31-51(67)57(72)63-49-16-11-13-40-12-7-8-14-46(40)49)75-29-28-74-27-26-73-25-24-61-56(71)41-20-18-39(19-21-41)38(2)68-35-44(33-62-68)48-32-50(65-66-54(48)59)47-15-9-10-17-52(47)69/h7-10,12,14-15,17-23,30,32-33,35,37-38,49,51,53,60,69H,11,13,16,24-29,31,34,36H2,1-6H3,(H2,59,66)(H,61,71)(H,63,72)(H,64,70)/t37-,38?,49+,51-,53+/m0/s1. The number of rotatable bonds is 22. The Morgan fingerprint density at radius 2 is 1.60 bits per heavy atom. The van der Waals surface area contributed by atoms with Gasteiger partial charge in [0, 0.05) is 54.1 Å². The van der Waals surface area contributed by atoms with Crippen LogP contribution in [0.2, 0.25) is 0 Å². The van der Waals surface area contributed by atoms with Crippen molar-refractivity contribution >= 4 is 23.5 Å². The van der Waals surface area contributed by atoms with E-state index in [1.165, 1.54) is 11.1 Å². The highest BCUT2D eigenvalue weighted by molar-refractivity contribution is 5.94. The first-order valence-electron chi connectivity index (χ1n) is 26.0. The number of nitrogens with two attached hydrogens (primary N) is 1. The Labute approximate surface area is 439 Å². The number of aryl methyl sites for hydroxylation is 1. The van der Waals surface area contributed by atoms with Crippen molar-refractivity contribution in [3.8, 4) is 33.9 Å². The number of ether oxygens (including phenoxy) is 3. The molecule has 1 aliphatic carbocycles. The lowest BCUT2D eigenvalue weighted by Crippen LogP contribution is -2.59. The quantitative estimate of drug-likeness (QED) is 0.0386. The van der Waals surface area contributed by atoms with Crippen molar-refractivity contribution in [1.29, 1.82) is 0 Å². The largest absolute Gasteiger partial charge is 0.507 e. The van der Waals surface area contributed by atoms with Crippen molar-refractivity contribution in [2.45, 2.75) is 97.1 Å². The number of nitrogens with zero attached hydrogens (tertiary/aromatic N) is 5. The molecule has 8 rings (SSSR count). The van der Waals surface area contributed by atoms with Crippen LogP contribution >= 0.6 is 0 Å². The Morgan fingerprint density at radius 1 is 0.853 bits per heavy atom. The number of amides is 3. The van der Waals surface area contributed by atoms with Crippen LogP contribution in [-0.4, -0.2) is 119 Å². The van der Waals surface area contributed by atoms with Crippen molar-refractivity contribution in [1.82, 2.24) is 46.1 Å². The molecule has 2 aliphatic rings. The van der Waals surface area contributed by atoms with Crippen molar-refractivity contribution in [3.63, 3.8) is 0 Å². The van der Waals surface area contributed by atoms with Gasteiger partial charge in [0.05, 0.1) is 62.5 Å². The molecule has 4 aromatic carbocycles. The number of hydrogen-bond donors (Lipinski definition) is 6. The van der Waals surface area contributed by atoms with Crippen molar-refractivity contribution < 1.29 is 33.7 Å². The summed E-state index contributed by atoms with van der Waals surface area (Å²) in [5, 5.41) is 35.9. The zero-order valence-corrected chi connectivity index (χ0v) is 44.0. The fourth-order valence-corrected chi connectivity index (χ4v) is 9.61. The Balaban J connectivity index is 0.766. The van der Waals surface area contributed by atoms with E-state index in [-0.39, 0.29) is 58.9 Å². The van der Waals surface area contributed by atoms with Crippen LogP contribution in [0.15, 0.2) is 109 Å². The fraction of sp³-hybridized carbons (Fsp3) is 0.414. The van der Waals surface area contributed by atoms with E-state index >= 15 is 0 Å². The zero-order valence-electron chi connectivity index (χ0n) is 44.0. The number of aromatic nitrogens is 4. The van der Waals surface area contributed by atoms with E-state index in [2.05, 4.69) is 92.6 Å². The lowest BCUT2D eigenvalue weighted by Gasteiger charge is -2.42. The Hall–Kier alpha value is -7.18. The molecule has 0 fully saturated rings. The van der Waals surface area contributed by atoms with Gasteiger partial charge in [0.1, 0.15) is 18.1 Å². The number of carbonyl (C=O) groups excluding carboxylic acids is 3. The maximum atomic E-state index is 14.4. The van der Waals surface area contributed by atoms with Crippen LogP contribution in [0.5, 0.6) is 11.5 Å². The summed E-state index contributed by atoms with van der Waals surface area (Å²) in [4.78, 5) is 42.7. The van der Waals surface area contributed by atoms with Gasteiger partial charge in [-0.3, -0.25) is 24.0 Å². The molecule has 0 radical (unpaired) electrons. The SMILES string of the molecule is CN[C@@H](C)C(=O)N[C@H](CN1Cc2cc(OCCOCCOCCNC(=O)c3ccc(C(C)n4cc(-c5cc(-c6ccccc6O)nnc5N)cn4)cc3)ccc2C[C@H]1C(=O)N[C@@H]1CCCc2ccccc21)C(C)(C)C. The predicted octanol–water partition coefficient (Wildman–Crippen LogP) is 6.81. The van der Waals surface area contributed by atoms with Gasteiger partial charge in [-0.1, -0.05) is 75.4 Å². The number of anilines is 1. The molecule has 3 heterocycles. The lowest BCUT2D eigenvalue weighted by molar-refractivity contribution is -0.128. The molecule has 0 saturated carbocycles. The molecule has 1 unspecified atom stereocenters. The van der Waals surface area contributed by atoms with E-state index < -0.39 is 6.04 Å². The third-order valence-electron chi connectivity index (χ3n) is 14.4. The van der Waals surface area contributed by atoms with Crippen molar-refractivity contribution in [2.75, 3.05) is 58.9 Å². The number of aromatic hydroxyl groups is 1. The zero-order chi connectivity index (χ0) is 53.1. The number of fused-ring (bicyclic) bond motifs is 2. The highest BCUT2D eigenvalue weighted by atomic mass is 16.5. The van der Waals surface area contributed by atoms with Gasteiger partial charge in [-0.05, 0) is 122 Å². The Kier molecular flexibility index (Phi) is 18.0. The molecule has 0 saturated heterocycles. The average Bonchev–Trinajstić information content (AvgIpc) is 3.91. The van der Waals surface area contributed by atoms with Gasteiger partial charge in [-0.2, -0.15) is 5.10 Å². The number of hydrogen-bond acceptors (Lipinski definition) is 13. The molecular weight excluding hydrogens is 949 g/mol. The molecule has 3 amide bonds. The van der Waals surface area contributed by atoms with E-state index in [4.69, 9.17) is 19.9 Å². The lowest BCUT2D eigenvalue weighted by atomic mass is 9.84. The van der Waals surface area contributed by atoms with E-state index in [1.54, 1.807) is 49.6 Å². The van der Waals surface area contributed by atoms with Gasteiger partial charge in [-0.15, -0.1) is 10.2 Å². The second-order valence-electron chi connectivity index (χ2n) is 20.6. The first kappa shape index (κ1) is 54.1. The molecule has 7 N–H and O–H groups in total. The number of phenolic OH excluding ortho intramolecular Hbond substituents is 1. The molecule has 396 valence electrons. The number of nitrogens with one attached hydrogen (secondary N) is 4. The van der Waals surface area contributed by atoms with Gasteiger partial charge >= 0.3 is 0 Å². The molecule has 17 nitrogen and oxygen atoms in total. The fourth-order valence-electron chi connectivity index (χ4n) is 9.61. The molecule has 1 aliphatic heterocycles. The Morgan fingerprint density at radius 3 is 2.37 bits per heavy atom. The maximum Gasteiger partial charge on any atom is 0.251 e. The van der Waals surface area contributed by atoms with Crippen molar-refractivity contribution in [3.05, 3.63) is 143 Å². The number of benzene rings is 4. The van der Waals surface area contributed by atoms with E-state index in [1.807, 2.05) is 55.1 Å². The molecule has 0 spiro atoms. The monoisotopic (exact) mass is 1020 g/mol. The summed E-state index contributed by atoms with van der Waals surface area (Å²) in [5.74, 6) is 0.794. The summed E-state index contributed by atoms with van der Waals surface area (Å²) in [7, 11) is 1.77. The van der Waals surface area contributed by atoms with Crippen LogP contribution in [0.4, 0.5) is 5.82 Å². The van der Waals surface area contributed by atoms with Crippen molar-refractivity contribution in [2.24, 2.45) is 5.41 Å². The minimum absolute atomic E-state index is 0.00216. The van der Waals surface area contributed by atoms with E-state index in [0.717, 1.165) is 47.3 Å². The number of nitrogen functional groups attached to an aromatic ring is 1. The highest BCUT2D eigenvalue weighted by Crippen LogP contribution is 2.35. The summed E-state index contributed by atoms with van der Waals surface area (Å²) < 4.78 is 19.5. The van der Waals surface area contributed by atoms with Crippen LogP contribution in [0, 0.1) is 5.41 Å². The molecule has 6 aromatic rings. The summed E-state index contributed by atoms with van der Waals surface area (Å²) in [6.45, 7) is 13.4. The molecular formula is C58H72N10O7. The second kappa shape index (κ2) is 24.9. The summed E-state index contributed by atoms with van der Waals surface area (Å²) in [5.41, 5.74) is 14.6. The third-order valence-corrected chi connectivity index (χ3v) is 14.4. The van der Waals surface area contributed by atoms with Gasteiger partial charge in [0.25, 0.3) is 5.91 Å². The van der Waals surface area contributed by atoms with Gasteiger partial charge < -0.3 is 46.3 Å². The smallest absolute Gasteiger partial charge is 0.251 e. The maximum absolute atomic E-state index is 14.4. The van der Waals surface area contributed by atoms with Gasteiger partial charge in [0.2, 0.25) is 11.8 Å². The third kappa shape index (κ3) is 13.8. The van der Waals surface area contributed by atoms with E-state index in [9.17, 15) is 19.5 Å². The predicted molar refractivity (Wildman–Crippen MR) is 289 cm³/mol. The average molecular weight is 1020 g/mol. The number of carbonyl (C=O) groups is 3. The van der Waals surface area contributed by atoms with E-state index in [0.29, 0.717) is 81.5 Å². The number of phenols is 1. The summed E-state index contributed by atoms with van der Waals surface area (Å²) in [6, 6.07) is 29.4. The number of para-hydroxylation sites is 1. The first-order chi connectivity index (χ1) is 36.2. The molecule has 0 bridgehead atoms. The molecule has 2 aromatic heterocycles. The topological polar surface area (TPSA) is 220 Å². The highest BCUT2D eigenvalue weighted by Gasteiger charge is 2.38. The van der Waals surface area contributed by atoms with Gasteiger partial charge in [0.15, 0.2) is 5.82 Å². The van der Waals surface area contributed by atoms with Crippen LogP contribution in [0.3, 0.4) is 0 Å². The number of likely N-dealkylation sites (N-methyl/N-ethyl adjacent to an activating group) is 1. The second-order valence-corrected chi connectivity index (χ2v) is 20.6. The van der Waals surface area contributed by atoms with Crippen LogP contribution in [0.1, 0.15) is 97.7 Å².